The summed E-state index contributed by atoms with van der Waals surface area (Å²) >= 11 is 1.45. The Bertz CT molecular complexity index is 391. The molecule has 0 saturated carbocycles. The van der Waals surface area contributed by atoms with Crippen LogP contribution in [0.25, 0.3) is 0 Å². The first-order valence-electron chi connectivity index (χ1n) is 4.48. The van der Waals surface area contributed by atoms with Crippen molar-refractivity contribution in [3.8, 4) is 0 Å². The third-order valence-electron chi connectivity index (χ3n) is 1.69. The summed E-state index contributed by atoms with van der Waals surface area (Å²) < 4.78 is 4.41. The van der Waals surface area contributed by atoms with E-state index in [9.17, 15) is 9.59 Å². The minimum Gasteiger partial charge on any atom is -0.452 e. The molecule has 7 heteroatoms. The van der Waals surface area contributed by atoms with Gasteiger partial charge in [-0.05, 0) is 19.1 Å². The van der Waals surface area contributed by atoms with Crippen LogP contribution >= 0.6 is 11.3 Å². The van der Waals surface area contributed by atoms with Crippen molar-refractivity contribution < 1.29 is 14.3 Å². The van der Waals surface area contributed by atoms with Gasteiger partial charge in [-0.25, -0.2) is 20.0 Å². The van der Waals surface area contributed by atoms with Crippen LogP contribution in [0.15, 0.2) is 12.1 Å². The molecule has 1 rings (SSSR count). The lowest BCUT2D eigenvalue weighted by molar-refractivity contribution is 0.119. The van der Waals surface area contributed by atoms with E-state index in [-0.39, 0.29) is 0 Å². The Morgan fingerprint density at radius 2 is 2.12 bits per heavy atom. The van der Waals surface area contributed by atoms with Crippen molar-refractivity contribution in [1.82, 2.24) is 10.4 Å². The van der Waals surface area contributed by atoms with Gasteiger partial charge in [0.25, 0.3) is 0 Å². The number of carbonyl (C=O) groups excluding carboxylic acids is 2. The number of rotatable bonds is 1. The molecule has 0 aromatic carbocycles. The number of ether oxygens (including phenoxy) is 1. The highest BCUT2D eigenvalue weighted by atomic mass is 32.1. The van der Waals surface area contributed by atoms with Crippen LogP contribution in [0.4, 0.5) is 14.6 Å². The van der Waals surface area contributed by atoms with Gasteiger partial charge in [-0.1, -0.05) is 0 Å². The predicted octanol–water partition coefficient (Wildman–Crippen LogP) is 1.79. The van der Waals surface area contributed by atoms with Gasteiger partial charge in [0, 0.05) is 11.9 Å². The number of anilines is 1. The molecule has 1 aromatic heterocycles. The van der Waals surface area contributed by atoms with E-state index in [1.54, 1.807) is 6.07 Å². The number of carbonyl (C=O) groups is 2. The Morgan fingerprint density at radius 3 is 2.62 bits per heavy atom. The van der Waals surface area contributed by atoms with Gasteiger partial charge in [0.15, 0.2) is 0 Å². The first-order valence-corrected chi connectivity index (χ1v) is 5.30. The Morgan fingerprint density at radius 1 is 1.44 bits per heavy atom. The van der Waals surface area contributed by atoms with Crippen molar-refractivity contribution in [1.29, 1.82) is 0 Å². The second-order valence-corrected chi connectivity index (χ2v) is 4.29. The van der Waals surface area contributed by atoms with Crippen molar-refractivity contribution in [3.05, 3.63) is 17.0 Å². The van der Waals surface area contributed by atoms with E-state index in [0.717, 1.165) is 9.89 Å². The fraction of sp³-hybridized carbons (Fsp3) is 0.333. The maximum Gasteiger partial charge on any atom is 0.428 e. The second kappa shape index (κ2) is 5.36. The summed E-state index contributed by atoms with van der Waals surface area (Å²) in [6.07, 6.45) is -0.641. The first-order chi connectivity index (χ1) is 7.52. The molecule has 6 nitrogen and oxygen atoms in total. The van der Waals surface area contributed by atoms with E-state index in [4.69, 9.17) is 0 Å². The highest BCUT2D eigenvalue weighted by Crippen LogP contribution is 2.20. The Balaban J connectivity index is 2.45. The molecule has 3 amide bonds. The number of methoxy groups -OCH3 is 1. The van der Waals surface area contributed by atoms with Crippen LogP contribution in [0.2, 0.25) is 0 Å². The fourth-order valence-corrected chi connectivity index (χ4v) is 1.74. The highest BCUT2D eigenvalue weighted by molar-refractivity contribution is 7.16. The molecule has 0 saturated heterocycles. The van der Waals surface area contributed by atoms with Gasteiger partial charge in [-0.2, -0.15) is 0 Å². The summed E-state index contributed by atoms with van der Waals surface area (Å²) in [6.45, 7) is 1.94. The third-order valence-corrected chi connectivity index (χ3v) is 2.61. The van der Waals surface area contributed by atoms with Gasteiger partial charge in [0.05, 0.1) is 12.1 Å². The molecule has 0 aliphatic carbocycles. The van der Waals surface area contributed by atoms with Crippen LogP contribution in [0.1, 0.15) is 4.88 Å². The molecule has 0 unspecified atom stereocenters. The van der Waals surface area contributed by atoms with Gasteiger partial charge in [0.2, 0.25) is 0 Å². The highest BCUT2D eigenvalue weighted by Gasteiger charge is 2.11. The van der Waals surface area contributed by atoms with Crippen LogP contribution < -0.4 is 10.7 Å². The third kappa shape index (κ3) is 3.43. The second-order valence-electron chi connectivity index (χ2n) is 3.01. The molecular weight excluding hydrogens is 230 g/mol. The van der Waals surface area contributed by atoms with Crippen LogP contribution in [0, 0.1) is 6.92 Å². The molecule has 0 aliphatic rings. The van der Waals surface area contributed by atoms with Gasteiger partial charge in [-0.15, -0.1) is 11.3 Å². The molecule has 0 spiro atoms. The van der Waals surface area contributed by atoms with Crippen molar-refractivity contribution >= 4 is 28.5 Å². The normalized spacial score (nSPS) is 9.44. The van der Waals surface area contributed by atoms with Gasteiger partial charge < -0.3 is 4.74 Å². The lowest BCUT2D eigenvalue weighted by atomic mass is 10.5. The number of hydrogen-bond acceptors (Lipinski definition) is 4. The first kappa shape index (κ1) is 12.3. The zero-order valence-corrected chi connectivity index (χ0v) is 10.1. The van der Waals surface area contributed by atoms with Crippen LogP contribution in [0.5, 0.6) is 0 Å². The lowest BCUT2D eigenvalue weighted by Gasteiger charge is -2.16. The molecule has 16 heavy (non-hydrogen) atoms. The standard InChI is InChI=1S/C9H13N3O3S/c1-6-4-5-7(16-6)10-8(13)11-12(2)9(14)15-3/h4-5H,1-3H3,(H2,10,11,13). The van der Waals surface area contributed by atoms with Crippen molar-refractivity contribution in [2.45, 2.75) is 6.92 Å². The SMILES string of the molecule is COC(=O)N(C)NC(=O)Nc1ccc(C)s1. The summed E-state index contributed by atoms with van der Waals surface area (Å²) in [5.41, 5.74) is 2.30. The zero-order valence-electron chi connectivity index (χ0n) is 9.23. The Kier molecular flexibility index (Phi) is 4.12. The molecule has 0 atom stereocenters. The summed E-state index contributed by atoms with van der Waals surface area (Å²) in [5.74, 6) is 0. The molecule has 0 bridgehead atoms. The number of hydrazine groups is 1. The van der Waals surface area contributed by atoms with Crippen molar-refractivity contribution in [2.75, 3.05) is 19.5 Å². The summed E-state index contributed by atoms with van der Waals surface area (Å²) in [4.78, 5) is 23.4. The minimum absolute atomic E-state index is 0.491. The number of urea groups is 1. The molecule has 1 heterocycles. The zero-order chi connectivity index (χ0) is 12.1. The lowest BCUT2D eigenvalue weighted by Crippen LogP contribution is -2.45. The minimum atomic E-state index is -0.641. The number of nitrogens with one attached hydrogen (secondary N) is 2. The van der Waals surface area contributed by atoms with Crippen LogP contribution in [-0.4, -0.2) is 31.3 Å². The quantitative estimate of drug-likeness (QED) is 0.739. The average Bonchev–Trinajstić information content (AvgIpc) is 2.62. The number of hydrogen-bond donors (Lipinski definition) is 2. The average molecular weight is 243 g/mol. The van der Waals surface area contributed by atoms with Crippen LogP contribution in [-0.2, 0) is 4.74 Å². The van der Waals surface area contributed by atoms with E-state index < -0.39 is 12.1 Å². The number of amides is 3. The largest absolute Gasteiger partial charge is 0.452 e. The van der Waals surface area contributed by atoms with Crippen LogP contribution in [0.3, 0.4) is 0 Å². The fourth-order valence-electron chi connectivity index (χ4n) is 0.976. The van der Waals surface area contributed by atoms with E-state index >= 15 is 0 Å². The summed E-state index contributed by atoms with van der Waals surface area (Å²) in [7, 11) is 2.63. The van der Waals surface area contributed by atoms with Crippen molar-refractivity contribution in [2.24, 2.45) is 0 Å². The molecule has 88 valence electrons. The Hall–Kier alpha value is -1.76. The smallest absolute Gasteiger partial charge is 0.428 e. The summed E-state index contributed by atoms with van der Waals surface area (Å²) in [6, 6.07) is 3.19. The Labute approximate surface area is 97.2 Å². The number of thiophene rings is 1. The molecule has 0 radical (unpaired) electrons. The number of aryl methyl sites for hydroxylation is 1. The van der Waals surface area contributed by atoms with E-state index in [1.165, 1.54) is 25.5 Å². The topological polar surface area (TPSA) is 70.7 Å². The van der Waals surface area contributed by atoms with E-state index in [1.807, 2.05) is 13.0 Å². The predicted molar refractivity (Wildman–Crippen MR) is 61.4 cm³/mol. The maximum absolute atomic E-state index is 11.4. The molecule has 1 aromatic rings. The van der Waals surface area contributed by atoms with Gasteiger partial charge in [-0.3, -0.25) is 5.32 Å². The van der Waals surface area contributed by atoms with Gasteiger partial charge in [0.1, 0.15) is 0 Å². The van der Waals surface area contributed by atoms with Crippen molar-refractivity contribution in [3.63, 3.8) is 0 Å². The molecule has 2 N–H and O–H groups in total. The monoisotopic (exact) mass is 243 g/mol. The molecule has 0 aliphatic heterocycles. The maximum atomic E-state index is 11.4. The molecular formula is C9H13N3O3S. The van der Waals surface area contributed by atoms with E-state index in [2.05, 4.69) is 15.5 Å². The van der Waals surface area contributed by atoms with E-state index in [0.29, 0.717) is 5.00 Å². The summed E-state index contributed by atoms with van der Waals surface area (Å²) in [5, 5.41) is 4.26. The number of nitrogens with zero attached hydrogens (tertiary/aromatic N) is 1. The van der Waals surface area contributed by atoms with Gasteiger partial charge >= 0.3 is 12.1 Å². The molecule has 0 fully saturated rings.